The molecule has 110 valence electrons. The summed E-state index contributed by atoms with van der Waals surface area (Å²) in [6.07, 6.45) is 1.32. The van der Waals surface area contributed by atoms with Gasteiger partial charge >= 0.3 is 0 Å². The summed E-state index contributed by atoms with van der Waals surface area (Å²) in [5.74, 6) is -0.0634. The quantitative estimate of drug-likeness (QED) is 0.823. The second-order valence-electron chi connectivity index (χ2n) is 5.20. The molecule has 3 rings (SSSR count). The number of carbonyl (C=O) groups is 2. The van der Waals surface area contributed by atoms with Crippen molar-refractivity contribution < 1.29 is 9.59 Å². The number of nitrogens with zero attached hydrogens (tertiary/aromatic N) is 1. The molecule has 2 heterocycles. The van der Waals surface area contributed by atoms with Gasteiger partial charge in [0.1, 0.15) is 0 Å². The van der Waals surface area contributed by atoms with Crippen molar-refractivity contribution in [1.29, 1.82) is 0 Å². The number of rotatable bonds is 5. The van der Waals surface area contributed by atoms with Crippen LogP contribution in [-0.4, -0.2) is 36.3 Å². The summed E-state index contributed by atoms with van der Waals surface area (Å²) in [4.78, 5) is 28.7. The van der Waals surface area contributed by atoms with Gasteiger partial charge in [-0.15, -0.1) is 11.3 Å². The van der Waals surface area contributed by atoms with Crippen LogP contribution in [0.4, 0.5) is 0 Å². The molecule has 1 aromatic heterocycles. The Kier molecular flexibility index (Phi) is 3.98. The Bertz CT molecular complexity index is 649. The molecule has 21 heavy (non-hydrogen) atoms. The summed E-state index contributed by atoms with van der Waals surface area (Å²) >= 11 is 1.41. The van der Waals surface area contributed by atoms with E-state index in [9.17, 15) is 9.59 Å². The zero-order chi connectivity index (χ0) is 14.8. The van der Waals surface area contributed by atoms with E-state index in [1.165, 1.54) is 11.3 Å². The number of para-hydroxylation sites is 1. The molecule has 1 aromatic carbocycles. The SMILES string of the molecule is CN[C@@H](C[C@@H]1CCNC1=O)C(=O)c1nc2ccccc2s1. The Labute approximate surface area is 126 Å². The Morgan fingerprint density at radius 1 is 1.52 bits per heavy atom. The molecule has 0 bridgehead atoms. The molecule has 2 atom stereocenters. The van der Waals surface area contributed by atoms with Crippen LogP contribution in [0.2, 0.25) is 0 Å². The van der Waals surface area contributed by atoms with Gasteiger partial charge in [-0.1, -0.05) is 12.1 Å². The molecule has 1 aliphatic heterocycles. The van der Waals surface area contributed by atoms with E-state index < -0.39 is 0 Å². The highest BCUT2D eigenvalue weighted by Gasteiger charge is 2.31. The highest BCUT2D eigenvalue weighted by atomic mass is 32.1. The molecule has 2 N–H and O–H groups in total. The second-order valence-corrected chi connectivity index (χ2v) is 6.24. The van der Waals surface area contributed by atoms with Crippen LogP contribution < -0.4 is 10.6 Å². The van der Waals surface area contributed by atoms with Crippen LogP contribution >= 0.6 is 11.3 Å². The number of benzene rings is 1. The van der Waals surface area contributed by atoms with Crippen LogP contribution in [0.5, 0.6) is 0 Å². The minimum Gasteiger partial charge on any atom is -0.356 e. The predicted octanol–water partition coefficient (Wildman–Crippen LogP) is 1.59. The van der Waals surface area contributed by atoms with E-state index in [0.717, 1.165) is 16.6 Å². The van der Waals surface area contributed by atoms with Gasteiger partial charge in [0.25, 0.3) is 0 Å². The molecule has 6 heteroatoms. The number of fused-ring (bicyclic) bond motifs is 1. The second kappa shape index (κ2) is 5.91. The number of likely N-dealkylation sites (N-methyl/N-ethyl adjacent to an activating group) is 1. The first kappa shape index (κ1) is 14.2. The van der Waals surface area contributed by atoms with Gasteiger partial charge in [0, 0.05) is 12.5 Å². The molecule has 2 aromatic rings. The van der Waals surface area contributed by atoms with E-state index in [4.69, 9.17) is 0 Å². The Morgan fingerprint density at radius 2 is 2.33 bits per heavy atom. The zero-order valence-electron chi connectivity index (χ0n) is 11.8. The number of hydrogen-bond donors (Lipinski definition) is 2. The summed E-state index contributed by atoms with van der Waals surface area (Å²) in [5.41, 5.74) is 0.847. The fourth-order valence-electron chi connectivity index (χ4n) is 2.64. The van der Waals surface area contributed by atoms with Crippen LogP contribution in [-0.2, 0) is 4.79 Å². The molecule has 1 fully saturated rings. The average molecular weight is 303 g/mol. The maximum atomic E-state index is 12.6. The van der Waals surface area contributed by atoms with Crippen molar-refractivity contribution in [1.82, 2.24) is 15.6 Å². The lowest BCUT2D eigenvalue weighted by Crippen LogP contribution is -2.37. The fourth-order valence-corrected chi connectivity index (χ4v) is 3.60. The van der Waals surface area contributed by atoms with Crippen molar-refractivity contribution in [2.45, 2.75) is 18.9 Å². The number of hydrogen-bond acceptors (Lipinski definition) is 5. The molecule has 0 radical (unpaired) electrons. The summed E-state index contributed by atoms with van der Waals surface area (Å²) in [6.45, 7) is 0.704. The molecule has 0 unspecified atom stereocenters. The van der Waals surface area contributed by atoms with E-state index in [2.05, 4.69) is 15.6 Å². The summed E-state index contributed by atoms with van der Waals surface area (Å²) in [6, 6.07) is 7.35. The van der Waals surface area contributed by atoms with Crippen LogP contribution in [0.25, 0.3) is 10.2 Å². The first-order chi connectivity index (χ1) is 10.2. The third-order valence-corrected chi connectivity index (χ3v) is 4.90. The predicted molar refractivity (Wildman–Crippen MR) is 82.5 cm³/mol. The van der Waals surface area contributed by atoms with E-state index in [0.29, 0.717) is 18.0 Å². The van der Waals surface area contributed by atoms with Gasteiger partial charge in [0.2, 0.25) is 11.7 Å². The topological polar surface area (TPSA) is 71.1 Å². The van der Waals surface area contributed by atoms with Crippen molar-refractivity contribution in [2.24, 2.45) is 5.92 Å². The molecule has 5 nitrogen and oxygen atoms in total. The standard InChI is InChI=1S/C15H17N3O2S/c1-16-11(8-9-6-7-17-14(9)20)13(19)15-18-10-4-2-3-5-12(10)21-15/h2-5,9,11,16H,6-8H2,1H3,(H,17,20)/t9-,11-/m0/s1. The van der Waals surface area contributed by atoms with Gasteiger partial charge in [0.05, 0.1) is 16.3 Å². The van der Waals surface area contributed by atoms with Crippen LogP contribution in [0.1, 0.15) is 22.6 Å². The highest BCUT2D eigenvalue weighted by Crippen LogP contribution is 2.24. The number of aromatic nitrogens is 1. The lowest BCUT2D eigenvalue weighted by atomic mass is 9.96. The molecule has 0 spiro atoms. The highest BCUT2D eigenvalue weighted by molar-refractivity contribution is 7.20. The van der Waals surface area contributed by atoms with Gasteiger partial charge in [0.15, 0.2) is 5.01 Å². The number of ketones is 1. The molecular weight excluding hydrogens is 286 g/mol. The average Bonchev–Trinajstić information content (AvgIpc) is 3.10. The summed E-state index contributed by atoms with van der Waals surface area (Å²) in [5, 5.41) is 6.35. The Hall–Kier alpha value is -1.79. The van der Waals surface area contributed by atoms with Gasteiger partial charge in [-0.25, -0.2) is 4.98 Å². The molecule has 1 aliphatic rings. The van der Waals surface area contributed by atoms with Crippen molar-refractivity contribution in [3.8, 4) is 0 Å². The summed E-state index contributed by atoms with van der Waals surface area (Å²) in [7, 11) is 1.75. The van der Waals surface area contributed by atoms with Crippen LogP contribution in [0.15, 0.2) is 24.3 Å². The lowest BCUT2D eigenvalue weighted by molar-refractivity contribution is -0.122. The maximum Gasteiger partial charge on any atom is 0.223 e. The maximum absolute atomic E-state index is 12.6. The fraction of sp³-hybridized carbons (Fsp3) is 0.400. The first-order valence-corrected chi connectivity index (χ1v) is 7.85. The molecular formula is C15H17N3O2S. The number of thiazole rings is 1. The third-order valence-electron chi connectivity index (χ3n) is 3.85. The van der Waals surface area contributed by atoms with Crippen molar-refractivity contribution >= 4 is 33.2 Å². The molecule has 0 aliphatic carbocycles. The molecule has 1 saturated heterocycles. The third kappa shape index (κ3) is 2.82. The minimum atomic E-state index is -0.362. The zero-order valence-corrected chi connectivity index (χ0v) is 12.6. The number of Topliss-reactive ketones (excluding diaryl/α,β-unsaturated/α-hetero) is 1. The normalized spacial score (nSPS) is 19.7. The van der Waals surface area contributed by atoms with E-state index in [1.54, 1.807) is 7.05 Å². The summed E-state index contributed by atoms with van der Waals surface area (Å²) < 4.78 is 1.01. The van der Waals surface area contributed by atoms with Gasteiger partial charge in [-0.2, -0.15) is 0 Å². The Morgan fingerprint density at radius 3 is 3.00 bits per heavy atom. The largest absolute Gasteiger partial charge is 0.356 e. The molecule has 1 amide bonds. The minimum absolute atomic E-state index is 0.0293. The molecule has 0 saturated carbocycles. The van der Waals surface area contributed by atoms with Gasteiger partial charge < -0.3 is 10.6 Å². The van der Waals surface area contributed by atoms with Crippen molar-refractivity contribution in [3.05, 3.63) is 29.3 Å². The number of amides is 1. The van der Waals surface area contributed by atoms with E-state index >= 15 is 0 Å². The number of carbonyl (C=O) groups excluding carboxylic acids is 2. The smallest absolute Gasteiger partial charge is 0.223 e. The lowest BCUT2D eigenvalue weighted by Gasteiger charge is -2.16. The van der Waals surface area contributed by atoms with E-state index in [1.807, 2.05) is 24.3 Å². The Balaban J connectivity index is 1.79. The number of nitrogens with one attached hydrogen (secondary N) is 2. The van der Waals surface area contributed by atoms with E-state index in [-0.39, 0.29) is 23.7 Å². The van der Waals surface area contributed by atoms with Crippen molar-refractivity contribution in [2.75, 3.05) is 13.6 Å². The van der Waals surface area contributed by atoms with Gasteiger partial charge in [-0.3, -0.25) is 9.59 Å². The van der Waals surface area contributed by atoms with Crippen molar-refractivity contribution in [3.63, 3.8) is 0 Å². The van der Waals surface area contributed by atoms with Crippen LogP contribution in [0.3, 0.4) is 0 Å². The van der Waals surface area contributed by atoms with Crippen LogP contribution in [0, 0.1) is 5.92 Å². The monoisotopic (exact) mass is 303 g/mol. The first-order valence-electron chi connectivity index (χ1n) is 7.04. The van der Waals surface area contributed by atoms with Gasteiger partial charge in [-0.05, 0) is 32.0 Å².